The molecule has 0 saturated heterocycles. The third-order valence-electron chi connectivity index (χ3n) is 1.75. The van der Waals surface area contributed by atoms with E-state index in [4.69, 9.17) is 7.74 Å². The lowest BCUT2D eigenvalue weighted by Crippen LogP contribution is -2.28. The van der Waals surface area contributed by atoms with Gasteiger partial charge in [0.1, 0.15) is 5.69 Å². The number of pyridine rings is 1. The maximum Gasteiger partial charge on any atom is 0.257 e. The Morgan fingerprint density at radius 1 is 1.50 bits per heavy atom. The molecule has 2 aromatic rings. The van der Waals surface area contributed by atoms with E-state index in [2.05, 4.69) is 10.2 Å². The van der Waals surface area contributed by atoms with Crippen LogP contribution in [-0.2, 0) is 0 Å². The molecule has 0 bridgehead atoms. The van der Waals surface area contributed by atoms with Crippen molar-refractivity contribution in [1.82, 2.24) is 10.2 Å². The summed E-state index contributed by atoms with van der Waals surface area (Å²) in [5.41, 5.74) is 1.21. The van der Waals surface area contributed by atoms with E-state index in [0.717, 1.165) is 17.5 Å². The summed E-state index contributed by atoms with van der Waals surface area (Å²) in [4.78, 5) is 15.5. The zero-order chi connectivity index (χ0) is 9.97. The van der Waals surface area contributed by atoms with Crippen molar-refractivity contribution in [2.45, 2.75) is 0 Å². The van der Waals surface area contributed by atoms with Crippen LogP contribution in [0.25, 0.3) is 10.2 Å². The van der Waals surface area contributed by atoms with Gasteiger partial charge in [-0.3, -0.25) is 4.79 Å². The first-order chi connectivity index (χ1) is 6.81. The van der Waals surface area contributed by atoms with Crippen molar-refractivity contribution in [3.63, 3.8) is 0 Å². The van der Waals surface area contributed by atoms with Crippen LogP contribution in [-0.4, -0.2) is 25.9 Å². The van der Waals surface area contributed by atoms with Crippen LogP contribution in [0.2, 0.25) is 0 Å². The number of thiophene rings is 1. The molecule has 0 atom stereocenters. The van der Waals surface area contributed by atoms with Gasteiger partial charge in [-0.2, -0.15) is 0 Å². The molecule has 3 nitrogen and oxygen atoms in total. The molecule has 6 heteroatoms. The number of rotatable bonds is 2. The van der Waals surface area contributed by atoms with Crippen LogP contribution in [0, 0.1) is 0 Å². The van der Waals surface area contributed by atoms with E-state index in [1.54, 1.807) is 17.4 Å². The summed E-state index contributed by atoms with van der Waals surface area (Å²) in [6.45, 7) is 0. The summed E-state index contributed by atoms with van der Waals surface area (Å²) in [5, 5.41) is 4.31. The smallest absolute Gasteiger partial charge is 0.257 e. The first-order valence-corrected chi connectivity index (χ1v) is 4.88. The highest BCUT2D eigenvalue weighted by molar-refractivity contribution is 7.17. The summed E-state index contributed by atoms with van der Waals surface area (Å²) >= 11 is 1.59. The molecule has 0 aliphatic rings. The summed E-state index contributed by atoms with van der Waals surface area (Å²) in [6.07, 6.45) is 0. The van der Waals surface area contributed by atoms with Gasteiger partial charge in [0.05, 0.1) is 10.2 Å². The van der Waals surface area contributed by atoms with Gasteiger partial charge in [0.25, 0.3) is 5.91 Å². The fourth-order valence-electron chi connectivity index (χ4n) is 1.13. The van der Waals surface area contributed by atoms with E-state index in [1.807, 2.05) is 17.5 Å². The number of carbonyl (C=O) groups is 1. The maximum atomic E-state index is 11.3. The highest BCUT2D eigenvalue weighted by atomic mass is 32.1. The largest absolute Gasteiger partial charge is 0.407 e. The molecular formula is C8H5B2N2OS. The molecule has 65 valence electrons. The summed E-state index contributed by atoms with van der Waals surface area (Å²) in [7, 11) is 6.18. The Morgan fingerprint density at radius 2 is 2.36 bits per heavy atom. The van der Waals surface area contributed by atoms with E-state index in [0.29, 0.717) is 5.69 Å². The van der Waals surface area contributed by atoms with Crippen molar-refractivity contribution < 1.29 is 4.79 Å². The van der Waals surface area contributed by atoms with Crippen molar-refractivity contribution in [2.75, 3.05) is 0 Å². The van der Waals surface area contributed by atoms with Crippen molar-refractivity contribution in [3.05, 3.63) is 29.3 Å². The lowest BCUT2D eigenvalue weighted by atomic mass is 9.67. The van der Waals surface area contributed by atoms with Gasteiger partial charge in [-0.15, -0.1) is 11.3 Å². The molecule has 2 rings (SSSR count). The standard InChI is InChI=1S/C8H5B2N2OS/c9-10-12-8(13)6-1-2-7-5(11-6)3-4-14-7/h1-4H,(H,12,13). The zero-order valence-electron chi connectivity index (χ0n) is 7.23. The Hall–Kier alpha value is -1.29. The molecule has 0 aliphatic heterocycles. The van der Waals surface area contributed by atoms with Crippen molar-refractivity contribution >= 4 is 42.5 Å². The quantitative estimate of drug-likeness (QED) is 0.724. The lowest BCUT2D eigenvalue weighted by molar-refractivity contribution is 0.0976. The fourth-order valence-corrected chi connectivity index (χ4v) is 1.85. The number of hydrogen-bond donors (Lipinski definition) is 1. The van der Waals surface area contributed by atoms with E-state index in [-0.39, 0.29) is 5.91 Å². The minimum absolute atomic E-state index is 0.291. The molecule has 0 aliphatic carbocycles. The predicted molar refractivity (Wildman–Crippen MR) is 58.6 cm³/mol. The van der Waals surface area contributed by atoms with Crippen LogP contribution in [0.15, 0.2) is 23.6 Å². The number of nitrogens with one attached hydrogen (secondary N) is 1. The van der Waals surface area contributed by atoms with Gasteiger partial charge in [0, 0.05) is 7.74 Å². The molecule has 3 radical (unpaired) electrons. The second kappa shape index (κ2) is 3.84. The third-order valence-corrected chi connectivity index (χ3v) is 2.63. The molecule has 1 N–H and O–H groups in total. The van der Waals surface area contributed by atoms with Gasteiger partial charge in [0.15, 0.2) is 7.31 Å². The van der Waals surface area contributed by atoms with Gasteiger partial charge >= 0.3 is 0 Å². The highest BCUT2D eigenvalue weighted by Crippen LogP contribution is 2.18. The average Bonchev–Trinajstić information content (AvgIpc) is 2.64. The molecule has 0 saturated carbocycles. The van der Waals surface area contributed by atoms with Crippen LogP contribution in [0.3, 0.4) is 0 Å². The van der Waals surface area contributed by atoms with Crippen LogP contribution in [0.1, 0.15) is 10.5 Å². The fraction of sp³-hybridized carbons (Fsp3) is 0. The maximum absolute atomic E-state index is 11.3. The molecule has 1 amide bonds. The van der Waals surface area contributed by atoms with E-state index in [1.165, 1.54) is 0 Å². The molecule has 0 fully saturated rings. The summed E-state index contributed by atoms with van der Waals surface area (Å²) in [6, 6.07) is 5.43. The van der Waals surface area contributed by atoms with Crippen molar-refractivity contribution in [3.8, 4) is 0 Å². The third kappa shape index (κ3) is 1.65. The number of nitrogens with zero attached hydrogens (tertiary/aromatic N) is 1. The van der Waals surface area contributed by atoms with Crippen LogP contribution in [0.5, 0.6) is 0 Å². The topological polar surface area (TPSA) is 42.0 Å². The molecule has 14 heavy (non-hydrogen) atoms. The van der Waals surface area contributed by atoms with Gasteiger partial charge in [-0.1, -0.05) is 0 Å². The number of fused-ring (bicyclic) bond motifs is 1. The van der Waals surface area contributed by atoms with E-state index >= 15 is 0 Å². The minimum Gasteiger partial charge on any atom is -0.407 e. The predicted octanol–water partition coefficient (Wildman–Crippen LogP) is 0.729. The minimum atomic E-state index is -0.291. The Morgan fingerprint density at radius 3 is 3.14 bits per heavy atom. The van der Waals surface area contributed by atoms with E-state index < -0.39 is 0 Å². The molecular weight excluding hydrogens is 194 g/mol. The lowest BCUT2D eigenvalue weighted by Gasteiger charge is -2.00. The number of carbonyl (C=O) groups excluding carboxylic acids is 1. The van der Waals surface area contributed by atoms with Crippen LogP contribution in [0.4, 0.5) is 0 Å². The molecule has 0 spiro atoms. The molecule has 2 heterocycles. The normalized spacial score (nSPS) is 10.0. The van der Waals surface area contributed by atoms with Gasteiger partial charge in [-0.25, -0.2) is 4.98 Å². The average molecular weight is 199 g/mol. The number of hydrogen-bond acceptors (Lipinski definition) is 3. The number of amides is 1. The molecule has 2 aromatic heterocycles. The second-order valence-electron chi connectivity index (χ2n) is 2.64. The Labute approximate surface area is 87.2 Å². The molecule has 0 unspecified atom stereocenters. The summed E-state index contributed by atoms with van der Waals surface area (Å²) < 4.78 is 1.07. The first kappa shape index (κ1) is 9.27. The van der Waals surface area contributed by atoms with Crippen LogP contribution < -0.4 is 5.23 Å². The zero-order valence-corrected chi connectivity index (χ0v) is 8.04. The Bertz CT molecular complexity index is 471. The van der Waals surface area contributed by atoms with Gasteiger partial charge in [0.2, 0.25) is 0 Å². The van der Waals surface area contributed by atoms with Gasteiger partial charge in [-0.05, 0) is 23.6 Å². The first-order valence-electron chi connectivity index (χ1n) is 4.00. The van der Waals surface area contributed by atoms with E-state index in [9.17, 15) is 4.79 Å². The Kier molecular flexibility index (Phi) is 2.54. The van der Waals surface area contributed by atoms with Crippen molar-refractivity contribution in [2.24, 2.45) is 0 Å². The second-order valence-corrected chi connectivity index (χ2v) is 3.59. The van der Waals surface area contributed by atoms with Gasteiger partial charge < -0.3 is 5.23 Å². The molecule has 0 aromatic carbocycles. The SMILES string of the molecule is [B][B]NC(=O)c1ccc2sccc2n1. The van der Waals surface area contributed by atoms with Crippen molar-refractivity contribution in [1.29, 1.82) is 0 Å². The Balaban J connectivity index is 2.38. The van der Waals surface area contributed by atoms with Crippen LogP contribution >= 0.6 is 11.3 Å². The summed E-state index contributed by atoms with van der Waals surface area (Å²) in [5.74, 6) is -0.291. The monoisotopic (exact) mass is 199 g/mol. The number of aromatic nitrogens is 1. The highest BCUT2D eigenvalue weighted by Gasteiger charge is 2.06.